The van der Waals surface area contributed by atoms with E-state index in [-0.39, 0.29) is 11.6 Å². The average molecular weight is 315 g/mol. The van der Waals surface area contributed by atoms with Gasteiger partial charge in [0.05, 0.1) is 5.69 Å². The van der Waals surface area contributed by atoms with E-state index in [1.54, 1.807) is 26.0 Å². The summed E-state index contributed by atoms with van der Waals surface area (Å²) in [6.07, 6.45) is 0. The van der Waals surface area contributed by atoms with E-state index in [9.17, 15) is 4.79 Å². The van der Waals surface area contributed by atoms with Crippen LogP contribution < -0.4 is 5.32 Å². The molecule has 22 heavy (non-hydrogen) atoms. The number of nitrogens with one attached hydrogen (secondary N) is 1. The predicted molar refractivity (Wildman–Crippen MR) is 81.8 cm³/mol. The molecular formula is C14H13N5O2S. The molecule has 0 radical (unpaired) electrons. The molecule has 8 heteroatoms. The van der Waals surface area contributed by atoms with Crippen molar-refractivity contribution in [3.8, 4) is 11.5 Å². The van der Waals surface area contributed by atoms with Gasteiger partial charge in [0.25, 0.3) is 5.91 Å². The highest BCUT2D eigenvalue weighted by Crippen LogP contribution is 2.21. The topological polar surface area (TPSA) is 93.8 Å². The third kappa shape index (κ3) is 3.01. The Morgan fingerprint density at radius 1 is 1.14 bits per heavy atom. The number of amides is 1. The van der Waals surface area contributed by atoms with Gasteiger partial charge in [-0.25, -0.2) is 9.97 Å². The van der Waals surface area contributed by atoms with Gasteiger partial charge in [-0.1, -0.05) is 0 Å². The molecule has 0 bridgehead atoms. The molecule has 0 aliphatic rings. The second-order valence-corrected chi connectivity index (χ2v) is 5.61. The van der Waals surface area contributed by atoms with E-state index in [1.807, 2.05) is 12.3 Å². The maximum Gasteiger partial charge on any atom is 0.276 e. The highest BCUT2D eigenvalue weighted by Gasteiger charge is 2.14. The average Bonchev–Trinajstić information content (AvgIpc) is 3.07. The summed E-state index contributed by atoms with van der Waals surface area (Å²) in [5.41, 5.74) is 2.49. The van der Waals surface area contributed by atoms with Crippen LogP contribution in [0, 0.1) is 20.8 Å². The molecule has 0 aliphatic carbocycles. The Labute approximate surface area is 130 Å². The minimum Gasteiger partial charge on any atom is -0.421 e. The van der Waals surface area contributed by atoms with Gasteiger partial charge in [0, 0.05) is 23.6 Å². The normalized spacial score (nSPS) is 10.7. The zero-order chi connectivity index (χ0) is 15.7. The standard InChI is InChI=1S/C14H13N5O2S/c1-7-4-10(13-19-18-9(3)21-13)5-11(15-7)12(20)17-14-16-8(2)6-22-14/h4-6H,1-3H3,(H,16,17,20). The second-order valence-electron chi connectivity index (χ2n) is 4.76. The van der Waals surface area contributed by atoms with Crippen molar-refractivity contribution < 1.29 is 9.21 Å². The number of thiazole rings is 1. The molecule has 3 rings (SSSR count). The number of hydrogen-bond donors (Lipinski definition) is 1. The second kappa shape index (κ2) is 5.64. The van der Waals surface area contributed by atoms with Gasteiger partial charge in [-0.05, 0) is 26.0 Å². The van der Waals surface area contributed by atoms with E-state index in [0.717, 1.165) is 5.69 Å². The number of anilines is 1. The molecule has 7 nitrogen and oxygen atoms in total. The minimum absolute atomic E-state index is 0.277. The van der Waals surface area contributed by atoms with Crippen molar-refractivity contribution >= 4 is 22.4 Å². The lowest BCUT2D eigenvalue weighted by atomic mass is 10.2. The summed E-state index contributed by atoms with van der Waals surface area (Å²) in [6.45, 7) is 5.38. The lowest BCUT2D eigenvalue weighted by Gasteiger charge is -2.04. The van der Waals surface area contributed by atoms with Crippen LogP contribution in [-0.4, -0.2) is 26.1 Å². The number of carbonyl (C=O) groups is 1. The summed E-state index contributed by atoms with van der Waals surface area (Å²) < 4.78 is 5.39. The fraction of sp³-hybridized carbons (Fsp3) is 0.214. The van der Waals surface area contributed by atoms with Gasteiger partial charge in [0.1, 0.15) is 5.69 Å². The van der Waals surface area contributed by atoms with Crippen LogP contribution in [0.1, 0.15) is 27.8 Å². The van der Waals surface area contributed by atoms with Gasteiger partial charge >= 0.3 is 0 Å². The van der Waals surface area contributed by atoms with Crippen LogP contribution in [0.2, 0.25) is 0 Å². The molecule has 0 atom stereocenters. The molecule has 0 aromatic carbocycles. The lowest BCUT2D eigenvalue weighted by Crippen LogP contribution is -2.14. The lowest BCUT2D eigenvalue weighted by molar-refractivity contribution is 0.102. The Morgan fingerprint density at radius 3 is 2.59 bits per heavy atom. The van der Waals surface area contributed by atoms with Gasteiger partial charge in [-0.15, -0.1) is 21.5 Å². The Morgan fingerprint density at radius 2 is 1.95 bits per heavy atom. The van der Waals surface area contributed by atoms with Crippen LogP contribution in [0.15, 0.2) is 21.9 Å². The van der Waals surface area contributed by atoms with Gasteiger partial charge in [0.2, 0.25) is 11.8 Å². The monoisotopic (exact) mass is 315 g/mol. The van der Waals surface area contributed by atoms with E-state index in [0.29, 0.717) is 28.2 Å². The first kappa shape index (κ1) is 14.3. The number of pyridine rings is 1. The Kier molecular flexibility index (Phi) is 3.68. The van der Waals surface area contributed by atoms with E-state index < -0.39 is 0 Å². The first-order valence-electron chi connectivity index (χ1n) is 6.54. The van der Waals surface area contributed by atoms with Crippen LogP contribution in [0.3, 0.4) is 0 Å². The molecule has 0 saturated heterocycles. The molecule has 3 aromatic heterocycles. The number of aromatic nitrogens is 4. The van der Waals surface area contributed by atoms with Crippen molar-refractivity contribution in [1.82, 2.24) is 20.2 Å². The van der Waals surface area contributed by atoms with Crippen LogP contribution in [0.25, 0.3) is 11.5 Å². The molecule has 0 spiro atoms. The molecule has 1 N–H and O–H groups in total. The van der Waals surface area contributed by atoms with E-state index in [4.69, 9.17) is 4.42 Å². The van der Waals surface area contributed by atoms with Crippen LogP contribution in [0.5, 0.6) is 0 Å². The van der Waals surface area contributed by atoms with Crippen molar-refractivity contribution in [2.75, 3.05) is 5.32 Å². The number of hydrogen-bond acceptors (Lipinski definition) is 7. The van der Waals surface area contributed by atoms with Crippen molar-refractivity contribution in [2.45, 2.75) is 20.8 Å². The summed E-state index contributed by atoms with van der Waals surface area (Å²) in [5.74, 6) is 0.506. The summed E-state index contributed by atoms with van der Waals surface area (Å²) >= 11 is 1.37. The van der Waals surface area contributed by atoms with Crippen molar-refractivity contribution in [2.24, 2.45) is 0 Å². The van der Waals surface area contributed by atoms with Crippen LogP contribution in [0.4, 0.5) is 5.13 Å². The fourth-order valence-corrected chi connectivity index (χ4v) is 2.58. The zero-order valence-electron chi connectivity index (χ0n) is 12.2. The molecule has 0 fully saturated rings. The van der Waals surface area contributed by atoms with Gasteiger partial charge in [-0.3, -0.25) is 10.1 Å². The zero-order valence-corrected chi connectivity index (χ0v) is 13.1. The molecule has 1 amide bonds. The molecule has 0 unspecified atom stereocenters. The quantitative estimate of drug-likeness (QED) is 0.798. The Hall–Kier alpha value is -2.61. The SMILES string of the molecule is Cc1cc(-c2nnc(C)o2)cc(C(=O)Nc2nc(C)cs2)n1. The highest BCUT2D eigenvalue weighted by molar-refractivity contribution is 7.13. The molecule has 0 aliphatic heterocycles. The maximum absolute atomic E-state index is 12.3. The molecule has 3 aromatic rings. The fourth-order valence-electron chi connectivity index (χ4n) is 1.89. The van der Waals surface area contributed by atoms with E-state index in [2.05, 4.69) is 25.5 Å². The molecular weight excluding hydrogens is 302 g/mol. The summed E-state index contributed by atoms with van der Waals surface area (Å²) in [5, 5.41) is 12.9. The smallest absolute Gasteiger partial charge is 0.276 e. The largest absolute Gasteiger partial charge is 0.421 e. The van der Waals surface area contributed by atoms with Crippen molar-refractivity contribution in [1.29, 1.82) is 0 Å². The number of carbonyl (C=O) groups excluding carboxylic acids is 1. The molecule has 0 saturated carbocycles. The Balaban J connectivity index is 1.90. The summed E-state index contributed by atoms with van der Waals surface area (Å²) in [7, 11) is 0. The molecule has 3 heterocycles. The van der Waals surface area contributed by atoms with Crippen molar-refractivity contribution in [3.63, 3.8) is 0 Å². The first-order chi connectivity index (χ1) is 10.5. The van der Waals surface area contributed by atoms with Crippen LogP contribution in [-0.2, 0) is 0 Å². The number of nitrogens with zero attached hydrogens (tertiary/aromatic N) is 4. The summed E-state index contributed by atoms with van der Waals surface area (Å²) in [4.78, 5) is 20.7. The Bertz CT molecular complexity index is 839. The van der Waals surface area contributed by atoms with E-state index in [1.165, 1.54) is 11.3 Å². The van der Waals surface area contributed by atoms with Crippen LogP contribution >= 0.6 is 11.3 Å². The maximum atomic E-state index is 12.3. The van der Waals surface area contributed by atoms with E-state index >= 15 is 0 Å². The third-order valence-electron chi connectivity index (χ3n) is 2.80. The third-order valence-corrected chi connectivity index (χ3v) is 3.67. The summed E-state index contributed by atoms with van der Waals surface area (Å²) in [6, 6.07) is 3.41. The van der Waals surface area contributed by atoms with Gasteiger partial charge in [0.15, 0.2) is 5.13 Å². The van der Waals surface area contributed by atoms with Gasteiger partial charge in [-0.2, -0.15) is 0 Å². The number of aryl methyl sites for hydroxylation is 3. The molecule has 112 valence electrons. The first-order valence-corrected chi connectivity index (χ1v) is 7.42. The van der Waals surface area contributed by atoms with Crippen molar-refractivity contribution in [3.05, 3.63) is 40.5 Å². The van der Waals surface area contributed by atoms with Gasteiger partial charge < -0.3 is 4.42 Å². The highest BCUT2D eigenvalue weighted by atomic mass is 32.1. The number of rotatable bonds is 3. The predicted octanol–water partition coefficient (Wildman–Crippen LogP) is 2.77. The minimum atomic E-state index is -0.324.